The number of anilines is 2. The molecule has 0 aliphatic rings. The molecule has 1 heterocycles. The summed E-state index contributed by atoms with van der Waals surface area (Å²) in [5, 5.41) is 6.38. The number of hydrogen-bond acceptors (Lipinski definition) is 8. The molecule has 0 saturated heterocycles. The van der Waals surface area contributed by atoms with Gasteiger partial charge in [-0.05, 0) is 11.6 Å². The van der Waals surface area contributed by atoms with Crippen molar-refractivity contribution in [3.8, 4) is 17.1 Å². The SMILES string of the molecule is COc1ccccc1CNc1c(N(C)Cc2ccc(-c3noc(C(F)(F)F)n3)cc2)c(=O)c1=O. The first-order valence-electron chi connectivity index (χ1n) is 10.1. The van der Waals surface area contributed by atoms with Gasteiger partial charge in [0.25, 0.3) is 10.9 Å². The Morgan fingerprint density at radius 3 is 2.41 bits per heavy atom. The summed E-state index contributed by atoms with van der Waals surface area (Å²) in [5.74, 6) is -0.940. The molecular weight excluding hydrogens is 453 g/mol. The Hall–Kier alpha value is -4.15. The number of ether oxygens (including phenoxy) is 1. The van der Waals surface area contributed by atoms with E-state index in [1.807, 2.05) is 18.2 Å². The highest BCUT2D eigenvalue weighted by Crippen LogP contribution is 2.29. The van der Waals surface area contributed by atoms with Gasteiger partial charge in [-0.25, -0.2) is 0 Å². The van der Waals surface area contributed by atoms with E-state index >= 15 is 0 Å². The van der Waals surface area contributed by atoms with Crippen LogP contribution in [0.3, 0.4) is 0 Å². The molecule has 4 rings (SSSR count). The molecule has 0 saturated carbocycles. The van der Waals surface area contributed by atoms with E-state index in [4.69, 9.17) is 4.74 Å². The van der Waals surface area contributed by atoms with E-state index in [1.165, 1.54) is 0 Å². The summed E-state index contributed by atoms with van der Waals surface area (Å²) in [6, 6.07) is 13.8. The molecule has 34 heavy (non-hydrogen) atoms. The minimum atomic E-state index is -4.72. The number of benzene rings is 2. The molecule has 0 aliphatic carbocycles. The molecular formula is C23H19F3N4O4. The molecule has 1 aromatic heterocycles. The van der Waals surface area contributed by atoms with Gasteiger partial charge in [-0.2, -0.15) is 18.2 Å². The molecule has 0 spiro atoms. The van der Waals surface area contributed by atoms with Crippen LogP contribution in [-0.4, -0.2) is 24.3 Å². The van der Waals surface area contributed by atoms with Crippen LogP contribution in [0.25, 0.3) is 11.4 Å². The van der Waals surface area contributed by atoms with Gasteiger partial charge in [0.2, 0.25) is 5.82 Å². The highest BCUT2D eigenvalue weighted by Gasteiger charge is 2.38. The van der Waals surface area contributed by atoms with Gasteiger partial charge in [-0.15, -0.1) is 0 Å². The molecule has 0 amide bonds. The zero-order valence-corrected chi connectivity index (χ0v) is 18.1. The topological polar surface area (TPSA) is 97.6 Å². The summed E-state index contributed by atoms with van der Waals surface area (Å²) >= 11 is 0. The molecule has 0 fully saturated rings. The standard InChI is InChI=1S/C23H19F3N4O4/c1-30(12-13-7-9-14(10-8-13)21-28-22(34-29-21)23(24,25)26)18-17(19(31)20(18)32)27-11-15-5-3-4-6-16(15)33-2/h3-10,27H,11-12H2,1-2H3. The predicted octanol–water partition coefficient (Wildman–Crippen LogP) is 3.61. The zero-order chi connectivity index (χ0) is 24.5. The Balaban J connectivity index is 1.46. The molecule has 11 heteroatoms. The van der Waals surface area contributed by atoms with Gasteiger partial charge >= 0.3 is 12.1 Å². The first kappa shape index (κ1) is 23.0. The molecule has 0 aliphatic heterocycles. The maximum Gasteiger partial charge on any atom is 0.471 e. The van der Waals surface area contributed by atoms with Crippen molar-refractivity contribution in [2.24, 2.45) is 0 Å². The van der Waals surface area contributed by atoms with Gasteiger partial charge < -0.3 is 19.5 Å². The number of aromatic nitrogens is 2. The first-order valence-corrected chi connectivity index (χ1v) is 10.1. The highest BCUT2D eigenvalue weighted by atomic mass is 19.4. The van der Waals surface area contributed by atoms with Crippen LogP contribution in [0.15, 0.2) is 62.6 Å². The van der Waals surface area contributed by atoms with Crippen molar-refractivity contribution in [3.05, 3.63) is 86.0 Å². The Morgan fingerprint density at radius 2 is 1.76 bits per heavy atom. The molecule has 4 aromatic rings. The maximum atomic E-state index is 12.7. The minimum absolute atomic E-state index is 0.183. The third kappa shape index (κ3) is 4.49. The maximum absolute atomic E-state index is 12.7. The van der Waals surface area contributed by atoms with E-state index in [2.05, 4.69) is 20.0 Å². The average molecular weight is 472 g/mol. The smallest absolute Gasteiger partial charge is 0.471 e. The lowest BCUT2D eigenvalue weighted by Crippen LogP contribution is -2.41. The molecule has 0 radical (unpaired) electrons. The van der Waals surface area contributed by atoms with Crippen LogP contribution < -0.4 is 25.8 Å². The molecule has 1 N–H and O–H groups in total. The molecule has 176 valence electrons. The average Bonchev–Trinajstić information content (AvgIpc) is 3.32. The van der Waals surface area contributed by atoms with Crippen LogP contribution in [-0.2, 0) is 19.3 Å². The normalized spacial score (nSPS) is 11.6. The van der Waals surface area contributed by atoms with Gasteiger partial charge in [0.05, 0.1) is 7.11 Å². The van der Waals surface area contributed by atoms with Crippen LogP contribution in [0.1, 0.15) is 17.0 Å². The second kappa shape index (κ2) is 9.00. The van der Waals surface area contributed by atoms with E-state index in [9.17, 15) is 22.8 Å². The third-order valence-electron chi connectivity index (χ3n) is 5.22. The Bertz CT molecular complexity index is 1370. The van der Waals surface area contributed by atoms with Gasteiger partial charge in [-0.1, -0.05) is 47.6 Å². The second-order valence-corrected chi connectivity index (χ2v) is 7.52. The van der Waals surface area contributed by atoms with Gasteiger partial charge in [0.1, 0.15) is 17.1 Å². The summed E-state index contributed by atoms with van der Waals surface area (Å²) in [6.45, 7) is 0.587. The minimum Gasteiger partial charge on any atom is -0.496 e. The van der Waals surface area contributed by atoms with Crippen molar-refractivity contribution >= 4 is 11.4 Å². The van der Waals surface area contributed by atoms with E-state index in [-0.39, 0.29) is 23.7 Å². The lowest BCUT2D eigenvalue weighted by atomic mass is 10.1. The van der Waals surface area contributed by atoms with Crippen LogP contribution in [0.4, 0.5) is 24.5 Å². The van der Waals surface area contributed by atoms with E-state index in [0.717, 1.165) is 11.1 Å². The van der Waals surface area contributed by atoms with Crippen molar-refractivity contribution in [2.75, 3.05) is 24.4 Å². The number of hydrogen-bond donors (Lipinski definition) is 1. The summed E-state index contributed by atoms with van der Waals surface area (Å²) < 4.78 is 47.5. The fraction of sp³-hybridized carbons (Fsp3) is 0.217. The number of para-hydroxylation sites is 1. The molecule has 3 aromatic carbocycles. The van der Waals surface area contributed by atoms with Crippen molar-refractivity contribution in [1.29, 1.82) is 0 Å². The number of methoxy groups -OCH3 is 1. The Kier molecular flexibility index (Phi) is 6.10. The van der Waals surface area contributed by atoms with Gasteiger partial charge in [0, 0.05) is 31.3 Å². The number of nitrogens with one attached hydrogen (secondary N) is 1. The van der Waals surface area contributed by atoms with Crippen LogP contribution in [0.5, 0.6) is 5.75 Å². The second-order valence-electron chi connectivity index (χ2n) is 7.52. The third-order valence-corrected chi connectivity index (χ3v) is 5.22. The summed E-state index contributed by atoms with van der Waals surface area (Å²) in [6.07, 6.45) is -4.72. The quantitative estimate of drug-likeness (QED) is 0.389. The predicted molar refractivity (Wildman–Crippen MR) is 119 cm³/mol. The lowest BCUT2D eigenvalue weighted by molar-refractivity contribution is -0.159. The highest BCUT2D eigenvalue weighted by molar-refractivity contribution is 5.75. The van der Waals surface area contributed by atoms with Gasteiger partial charge in [-0.3, -0.25) is 9.59 Å². The number of halogens is 3. The molecule has 0 unspecified atom stereocenters. The molecule has 0 bridgehead atoms. The summed E-state index contributed by atoms with van der Waals surface area (Å²) in [7, 11) is 3.22. The van der Waals surface area contributed by atoms with Crippen molar-refractivity contribution in [1.82, 2.24) is 10.1 Å². The van der Waals surface area contributed by atoms with E-state index in [1.54, 1.807) is 49.4 Å². The lowest BCUT2D eigenvalue weighted by Gasteiger charge is -2.24. The van der Waals surface area contributed by atoms with Crippen LogP contribution >= 0.6 is 0 Å². The number of rotatable bonds is 8. The van der Waals surface area contributed by atoms with Crippen LogP contribution in [0, 0.1) is 0 Å². The first-order chi connectivity index (χ1) is 16.2. The molecule has 8 nitrogen and oxygen atoms in total. The van der Waals surface area contributed by atoms with Crippen LogP contribution in [0.2, 0.25) is 0 Å². The van der Waals surface area contributed by atoms with Crippen molar-refractivity contribution < 1.29 is 22.4 Å². The fourth-order valence-corrected chi connectivity index (χ4v) is 3.51. The van der Waals surface area contributed by atoms with Crippen molar-refractivity contribution in [2.45, 2.75) is 19.3 Å². The van der Waals surface area contributed by atoms with E-state index in [0.29, 0.717) is 17.9 Å². The van der Waals surface area contributed by atoms with Gasteiger partial charge in [0.15, 0.2) is 0 Å². The zero-order valence-electron chi connectivity index (χ0n) is 18.1. The monoisotopic (exact) mass is 472 g/mol. The summed E-state index contributed by atoms with van der Waals surface area (Å²) in [5.41, 5.74) is 1.24. The van der Waals surface area contributed by atoms with Crippen molar-refractivity contribution in [3.63, 3.8) is 0 Å². The Labute approximate surface area is 191 Å². The molecule has 0 atom stereocenters. The Morgan fingerprint density at radius 1 is 1.06 bits per heavy atom. The fourth-order valence-electron chi connectivity index (χ4n) is 3.51. The van der Waals surface area contributed by atoms with E-state index < -0.39 is 22.9 Å². The largest absolute Gasteiger partial charge is 0.496 e. The summed E-state index contributed by atoms with van der Waals surface area (Å²) in [4.78, 5) is 29.4. The number of alkyl halides is 3. The number of nitrogens with zero attached hydrogens (tertiary/aromatic N) is 3.